The number of hydrogen-bond donors (Lipinski definition) is 5. The predicted molar refractivity (Wildman–Crippen MR) is 210 cm³/mol. The fourth-order valence-electron chi connectivity index (χ4n) is 6.40. The van der Waals surface area contributed by atoms with Crippen LogP contribution >= 0.6 is 0 Å². The van der Waals surface area contributed by atoms with Gasteiger partial charge in [0, 0.05) is 37.8 Å². The van der Waals surface area contributed by atoms with E-state index in [-0.39, 0.29) is 40.6 Å². The summed E-state index contributed by atoms with van der Waals surface area (Å²) in [5.41, 5.74) is 5.99. The quantitative estimate of drug-likeness (QED) is 0.0673. The molecule has 0 bridgehead atoms. The summed E-state index contributed by atoms with van der Waals surface area (Å²) in [6.45, 7) is 25.6. The molecular formula is C41H68N6O5. The van der Waals surface area contributed by atoms with Crippen LogP contribution in [0.4, 0.5) is 10.5 Å². The lowest BCUT2D eigenvalue weighted by atomic mass is 9.79. The first-order valence-electron chi connectivity index (χ1n) is 18.9. The van der Waals surface area contributed by atoms with Crippen molar-refractivity contribution in [2.45, 2.75) is 112 Å². The van der Waals surface area contributed by atoms with E-state index in [1.54, 1.807) is 11.9 Å². The molecule has 1 aliphatic carbocycles. The molecule has 292 valence electrons. The van der Waals surface area contributed by atoms with Gasteiger partial charge >= 0.3 is 6.03 Å². The van der Waals surface area contributed by atoms with Crippen LogP contribution in [0.15, 0.2) is 54.9 Å². The van der Waals surface area contributed by atoms with Crippen molar-refractivity contribution in [2.75, 3.05) is 32.1 Å². The average Bonchev–Trinajstić information content (AvgIpc) is 3.78. The predicted octanol–water partition coefficient (Wildman–Crippen LogP) is 6.58. The van der Waals surface area contributed by atoms with Crippen molar-refractivity contribution >= 4 is 29.4 Å². The number of primary amides is 1. The number of ether oxygens (including phenoxy) is 1. The molecule has 5 amide bonds. The Balaban J connectivity index is 1.89. The summed E-state index contributed by atoms with van der Waals surface area (Å²) in [6, 6.07) is 8.05. The van der Waals surface area contributed by atoms with Crippen LogP contribution in [-0.2, 0) is 19.1 Å². The number of carbonyl (C=O) groups excluding carboxylic acids is 4. The molecule has 0 spiro atoms. The van der Waals surface area contributed by atoms with Crippen LogP contribution in [0, 0.1) is 34.5 Å². The molecular weight excluding hydrogens is 656 g/mol. The van der Waals surface area contributed by atoms with Gasteiger partial charge in [-0.25, -0.2) is 4.79 Å². The van der Waals surface area contributed by atoms with E-state index in [0.29, 0.717) is 50.8 Å². The molecule has 11 nitrogen and oxygen atoms in total. The van der Waals surface area contributed by atoms with Crippen LogP contribution in [0.3, 0.4) is 0 Å². The van der Waals surface area contributed by atoms with Crippen LogP contribution in [-0.4, -0.2) is 67.5 Å². The Morgan fingerprint density at radius 1 is 0.981 bits per heavy atom. The van der Waals surface area contributed by atoms with Crippen LogP contribution in [0.25, 0.3) is 0 Å². The number of nitrogens with two attached hydrogens (primary N) is 1. The van der Waals surface area contributed by atoms with Gasteiger partial charge in [0.1, 0.15) is 6.04 Å². The van der Waals surface area contributed by atoms with Crippen molar-refractivity contribution in [1.29, 1.82) is 0 Å². The third-order valence-corrected chi connectivity index (χ3v) is 10.1. The molecule has 4 unspecified atom stereocenters. The maximum Gasteiger partial charge on any atom is 0.315 e. The molecule has 1 aliphatic rings. The van der Waals surface area contributed by atoms with Gasteiger partial charge in [0.15, 0.2) is 5.88 Å². The number of anilines is 1. The van der Waals surface area contributed by atoms with Crippen molar-refractivity contribution in [3.05, 3.63) is 54.9 Å². The Bertz CT molecular complexity index is 1350. The van der Waals surface area contributed by atoms with E-state index < -0.39 is 29.4 Å². The van der Waals surface area contributed by atoms with Crippen LogP contribution in [0.2, 0.25) is 0 Å². The number of urea groups is 1. The minimum Gasteiger partial charge on any atom is -0.479 e. The van der Waals surface area contributed by atoms with E-state index in [0.717, 1.165) is 31.4 Å². The summed E-state index contributed by atoms with van der Waals surface area (Å²) in [6.07, 6.45) is 5.60. The fraction of sp³-hybridized carbons (Fsp3) is 0.659. The fourth-order valence-corrected chi connectivity index (χ4v) is 6.40. The minimum absolute atomic E-state index is 0.104. The van der Waals surface area contributed by atoms with Gasteiger partial charge in [-0.05, 0) is 72.5 Å². The lowest BCUT2D eigenvalue weighted by Crippen LogP contribution is -2.56. The molecule has 1 aromatic carbocycles. The first-order chi connectivity index (χ1) is 24.2. The molecule has 6 atom stereocenters. The number of amides is 5. The molecule has 1 fully saturated rings. The smallest absolute Gasteiger partial charge is 0.315 e. The molecule has 0 aliphatic heterocycles. The summed E-state index contributed by atoms with van der Waals surface area (Å²) >= 11 is 0. The van der Waals surface area contributed by atoms with Gasteiger partial charge in [0.05, 0.1) is 12.6 Å². The number of unbranched alkanes of at least 4 members (excludes halogenated alkanes) is 1. The summed E-state index contributed by atoms with van der Waals surface area (Å²) in [5, 5.41) is 12.1. The molecule has 11 heteroatoms. The summed E-state index contributed by atoms with van der Waals surface area (Å²) in [5.74, 6) is 0.253. The zero-order valence-corrected chi connectivity index (χ0v) is 33.4. The summed E-state index contributed by atoms with van der Waals surface area (Å²) in [4.78, 5) is 53.5. The molecule has 6 N–H and O–H groups in total. The highest BCUT2D eigenvalue weighted by molar-refractivity contribution is 5.93. The highest BCUT2D eigenvalue weighted by Gasteiger charge is 2.42. The zero-order chi connectivity index (χ0) is 39.2. The number of rotatable bonds is 22. The molecule has 52 heavy (non-hydrogen) atoms. The van der Waals surface area contributed by atoms with Crippen LogP contribution in [0.5, 0.6) is 0 Å². The average molecular weight is 725 g/mol. The second-order valence-electron chi connectivity index (χ2n) is 16.9. The van der Waals surface area contributed by atoms with Crippen LogP contribution < -0.4 is 27.0 Å². The molecule has 1 aromatic rings. The van der Waals surface area contributed by atoms with Gasteiger partial charge < -0.3 is 36.6 Å². The number of nitrogens with zero attached hydrogens (tertiary/aromatic N) is 1. The van der Waals surface area contributed by atoms with Crippen molar-refractivity contribution in [2.24, 2.45) is 40.2 Å². The second kappa shape index (κ2) is 20.3. The van der Waals surface area contributed by atoms with E-state index >= 15 is 0 Å². The van der Waals surface area contributed by atoms with Crippen molar-refractivity contribution < 1.29 is 23.9 Å². The molecule has 0 saturated heterocycles. The minimum atomic E-state index is -0.753. The number of hydrogen-bond acceptors (Lipinski definition) is 6. The first kappa shape index (κ1) is 44.1. The van der Waals surface area contributed by atoms with E-state index in [1.807, 2.05) is 51.1 Å². The summed E-state index contributed by atoms with van der Waals surface area (Å²) < 4.78 is 5.84. The maximum atomic E-state index is 13.7. The topological polar surface area (TPSA) is 155 Å². The SMILES string of the molecule is C=C(Nc1ccccc1)OCCC(CNC(=O)NC(C(=O)N(C)C[C@@H]1C[C@@H]1CC(=O)NC(CC(C)CCCC)C(=C)C(N)=O)C(C)(C)C)C(C)(C)C. The molecule has 0 aromatic heterocycles. The highest BCUT2D eigenvalue weighted by Crippen LogP contribution is 2.42. The van der Waals surface area contributed by atoms with E-state index in [4.69, 9.17) is 10.5 Å². The third kappa shape index (κ3) is 15.7. The van der Waals surface area contributed by atoms with Gasteiger partial charge in [-0.2, -0.15) is 0 Å². The Hall–Kier alpha value is -4.02. The van der Waals surface area contributed by atoms with E-state index in [9.17, 15) is 19.2 Å². The zero-order valence-electron chi connectivity index (χ0n) is 33.4. The van der Waals surface area contributed by atoms with Gasteiger partial charge in [0.25, 0.3) is 0 Å². The van der Waals surface area contributed by atoms with Gasteiger partial charge in [0.2, 0.25) is 17.7 Å². The van der Waals surface area contributed by atoms with Gasteiger partial charge in [-0.3, -0.25) is 14.4 Å². The Labute approximate surface area is 313 Å². The third-order valence-electron chi connectivity index (χ3n) is 10.1. The number of likely N-dealkylation sites (N-methyl/N-ethyl adjacent to an activating group) is 1. The molecule has 0 radical (unpaired) electrons. The molecule has 2 rings (SSSR count). The van der Waals surface area contributed by atoms with E-state index in [2.05, 4.69) is 69.0 Å². The number of para-hydroxylation sites is 1. The highest BCUT2D eigenvalue weighted by atomic mass is 16.5. The number of nitrogens with one attached hydrogen (secondary N) is 4. The van der Waals surface area contributed by atoms with Crippen molar-refractivity contribution in [3.8, 4) is 0 Å². The summed E-state index contributed by atoms with van der Waals surface area (Å²) in [7, 11) is 1.75. The Kier molecular flexibility index (Phi) is 17.2. The largest absolute Gasteiger partial charge is 0.479 e. The Morgan fingerprint density at radius 3 is 2.21 bits per heavy atom. The Morgan fingerprint density at radius 2 is 1.63 bits per heavy atom. The maximum absolute atomic E-state index is 13.7. The first-order valence-corrected chi connectivity index (χ1v) is 18.9. The number of carbonyl (C=O) groups is 4. The van der Waals surface area contributed by atoms with Crippen molar-refractivity contribution in [1.82, 2.24) is 20.9 Å². The van der Waals surface area contributed by atoms with E-state index in [1.165, 1.54) is 0 Å². The number of benzene rings is 1. The van der Waals surface area contributed by atoms with Gasteiger partial charge in [-0.1, -0.05) is 99.4 Å². The molecule has 0 heterocycles. The van der Waals surface area contributed by atoms with Crippen molar-refractivity contribution in [3.63, 3.8) is 0 Å². The second-order valence-corrected chi connectivity index (χ2v) is 16.9. The lowest BCUT2D eigenvalue weighted by molar-refractivity contribution is -0.134. The van der Waals surface area contributed by atoms with Crippen LogP contribution in [0.1, 0.15) is 100 Å². The standard InChI is InChI=1S/C41H68N6O5/c1-12-13-17-27(2)22-34(28(3)37(42)49)45-35(48)24-30-23-31(30)26-47(11)38(50)36(41(8,9)10)46-39(51)43-25-32(40(5,6)7)20-21-52-29(4)44-33-18-15-14-16-19-33/h14-16,18-19,27,30-32,34,36,44H,3-4,12-13,17,20-26H2,1-2,5-11H3,(H2,42,49)(H,45,48)(H2,43,46,51)/t27?,30-,31+,32?,34?,36?/m1/s1. The molecule has 1 saturated carbocycles. The lowest BCUT2D eigenvalue weighted by Gasteiger charge is -2.34. The normalized spacial score (nSPS) is 17.8. The monoisotopic (exact) mass is 725 g/mol. The van der Waals surface area contributed by atoms with Gasteiger partial charge in [-0.15, -0.1) is 0 Å².